The van der Waals surface area contributed by atoms with Crippen LogP contribution in [0, 0.1) is 5.92 Å². The van der Waals surface area contributed by atoms with Crippen LogP contribution in [0.2, 0.25) is 0 Å². The fraction of sp³-hybridized carbons (Fsp3) is 1.00. The maximum Gasteiger partial charge on any atom is 0.0491 e. The normalized spacial score (nSPS) is 14.8. The highest BCUT2D eigenvalue weighted by Crippen LogP contribution is 2.07. The Kier molecular flexibility index (Phi) is 12.3. The lowest BCUT2D eigenvalue weighted by atomic mass is 10.1. The molecule has 1 N–H and O–H groups in total. The van der Waals surface area contributed by atoms with Gasteiger partial charge in [-0.15, -0.1) is 0 Å². The second-order valence-corrected chi connectivity index (χ2v) is 5.17. The lowest BCUT2D eigenvalue weighted by Crippen LogP contribution is -2.29. The third kappa shape index (κ3) is 10.8. The highest BCUT2D eigenvalue weighted by atomic mass is 16.5. The lowest BCUT2D eigenvalue weighted by Gasteiger charge is -2.16. The molecule has 0 spiro atoms. The monoisotopic (exact) mass is 243 g/mol. The van der Waals surface area contributed by atoms with Crippen molar-refractivity contribution in [1.82, 2.24) is 5.32 Å². The van der Waals surface area contributed by atoms with Gasteiger partial charge in [-0.2, -0.15) is 0 Å². The molecular formula is C15H33NO. The van der Waals surface area contributed by atoms with Crippen molar-refractivity contribution in [2.24, 2.45) is 5.92 Å². The van der Waals surface area contributed by atoms with Gasteiger partial charge >= 0.3 is 0 Å². The molecule has 0 aliphatic heterocycles. The molecular weight excluding hydrogens is 210 g/mol. The second-order valence-electron chi connectivity index (χ2n) is 5.17. The first-order valence-electron chi connectivity index (χ1n) is 7.55. The van der Waals surface area contributed by atoms with Crippen molar-refractivity contribution in [3.63, 3.8) is 0 Å². The molecule has 0 fully saturated rings. The number of nitrogens with one attached hydrogen (secondary N) is 1. The molecule has 2 nitrogen and oxygen atoms in total. The van der Waals surface area contributed by atoms with Crippen LogP contribution in [-0.2, 0) is 4.74 Å². The summed E-state index contributed by atoms with van der Waals surface area (Å²) in [6.07, 6.45) is 7.44. The van der Waals surface area contributed by atoms with E-state index in [1.165, 1.54) is 38.5 Å². The minimum absolute atomic E-state index is 0.687. The van der Waals surface area contributed by atoms with Gasteiger partial charge in [-0.1, -0.05) is 34.1 Å². The van der Waals surface area contributed by atoms with Gasteiger partial charge < -0.3 is 10.1 Å². The number of hydrogen-bond acceptors (Lipinski definition) is 2. The van der Waals surface area contributed by atoms with Gasteiger partial charge in [-0.3, -0.25) is 0 Å². The smallest absolute Gasteiger partial charge is 0.0491 e. The van der Waals surface area contributed by atoms with E-state index in [4.69, 9.17) is 4.74 Å². The van der Waals surface area contributed by atoms with Gasteiger partial charge in [0.25, 0.3) is 0 Å². The second kappa shape index (κ2) is 12.4. The van der Waals surface area contributed by atoms with Crippen LogP contribution < -0.4 is 5.32 Å². The van der Waals surface area contributed by atoms with E-state index < -0.39 is 0 Å². The first kappa shape index (κ1) is 16.9. The van der Waals surface area contributed by atoms with E-state index in [0.717, 1.165) is 25.7 Å². The van der Waals surface area contributed by atoms with Crippen molar-refractivity contribution < 1.29 is 4.74 Å². The first-order chi connectivity index (χ1) is 8.24. The molecule has 104 valence electrons. The van der Waals surface area contributed by atoms with E-state index in [2.05, 4.69) is 33.0 Å². The molecule has 0 aromatic rings. The predicted molar refractivity (Wildman–Crippen MR) is 76.5 cm³/mol. The molecule has 0 saturated heterocycles. The van der Waals surface area contributed by atoms with Crippen LogP contribution >= 0.6 is 0 Å². The summed E-state index contributed by atoms with van der Waals surface area (Å²) in [5.74, 6) is 0.722. The Morgan fingerprint density at radius 2 is 1.82 bits per heavy atom. The maximum atomic E-state index is 5.72. The Labute approximate surface area is 109 Å². The number of rotatable bonds is 12. The van der Waals surface area contributed by atoms with Gasteiger partial charge in [0.1, 0.15) is 0 Å². The fourth-order valence-corrected chi connectivity index (χ4v) is 2.09. The summed E-state index contributed by atoms with van der Waals surface area (Å²) >= 11 is 0. The summed E-state index contributed by atoms with van der Waals surface area (Å²) in [7, 11) is 0. The summed E-state index contributed by atoms with van der Waals surface area (Å²) in [5.41, 5.74) is 0. The van der Waals surface area contributed by atoms with E-state index in [-0.39, 0.29) is 0 Å². The van der Waals surface area contributed by atoms with Crippen molar-refractivity contribution in [2.75, 3.05) is 19.8 Å². The quantitative estimate of drug-likeness (QED) is 0.523. The zero-order valence-electron chi connectivity index (χ0n) is 12.4. The molecule has 0 saturated carbocycles. The third-order valence-corrected chi connectivity index (χ3v) is 3.20. The summed E-state index contributed by atoms with van der Waals surface area (Å²) in [4.78, 5) is 0. The predicted octanol–water partition coefficient (Wildman–Crippen LogP) is 4.00. The molecule has 0 aromatic heterocycles. The number of ether oxygens (including phenoxy) is 1. The van der Waals surface area contributed by atoms with Gasteiger partial charge in [0, 0.05) is 19.3 Å². The molecule has 0 radical (unpaired) electrons. The van der Waals surface area contributed by atoms with Crippen LogP contribution in [-0.4, -0.2) is 25.8 Å². The van der Waals surface area contributed by atoms with Crippen molar-refractivity contribution in [3.05, 3.63) is 0 Å². The first-order valence-corrected chi connectivity index (χ1v) is 7.55. The van der Waals surface area contributed by atoms with E-state index in [9.17, 15) is 0 Å². The molecule has 0 aliphatic rings. The van der Waals surface area contributed by atoms with Crippen LogP contribution in [0.25, 0.3) is 0 Å². The fourth-order valence-electron chi connectivity index (χ4n) is 2.09. The van der Waals surface area contributed by atoms with Crippen LogP contribution in [0.5, 0.6) is 0 Å². The summed E-state index contributed by atoms with van der Waals surface area (Å²) < 4.78 is 5.72. The van der Waals surface area contributed by atoms with Crippen LogP contribution in [0.1, 0.15) is 66.2 Å². The number of hydrogen-bond donors (Lipinski definition) is 1. The Morgan fingerprint density at radius 3 is 2.41 bits per heavy atom. The molecule has 17 heavy (non-hydrogen) atoms. The van der Waals surface area contributed by atoms with Crippen molar-refractivity contribution >= 4 is 0 Å². The highest BCUT2D eigenvalue weighted by molar-refractivity contribution is 4.64. The summed E-state index contributed by atoms with van der Waals surface area (Å²) in [5, 5.41) is 3.58. The van der Waals surface area contributed by atoms with Gasteiger partial charge in [0.15, 0.2) is 0 Å². The summed E-state index contributed by atoms with van der Waals surface area (Å²) in [6, 6.07) is 0.687. The zero-order chi connectivity index (χ0) is 12.9. The highest BCUT2D eigenvalue weighted by Gasteiger charge is 2.05. The van der Waals surface area contributed by atoms with E-state index in [1.807, 2.05) is 0 Å². The molecule has 2 atom stereocenters. The molecule has 0 bridgehead atoms. The average Bonchev–Trinajstić information content (AvgIpc) is 2.33. The largest absolute Gasteiger partial charge is 0.381 e. The molecule has 0 aromatic carbocycles. The molecule has 2 heteroatoms. The third-order valence-electron chi connectivity index (χ3n) is 3.20. The SMILES string of the molecule is CCCNC(CC)CCCOCC(C)CCC. The van der Waals surface area contributed by atoms with Gasteiger partial charge in [-0.25, -0.2) is 0 Å². The van der Waals surface area contributed by atoms with E-state index >= 15 is 0 Å². The Balaban J connectivity index is 3.35. The average molecular weight is 243 g/mol. The molecule has 0 rings (SSSR count). The van der Waals surface area contributed by atoms with Crippen LogP contribution in [0.3, 0.4) is 0 Å². The summed E-state index contributed by atoms with van der Waals surface area (Å²) in [6.45, 7) is 12.0. The van der Waals surface area contributed by atoms with Crippen LogP contribution in [0.15, 0.2) is 0 Å². The lowest BCUT2D eigenvalue weighted by molar-refractivity contribution is 0.0969. The molecule has 2 unspecified atom stereocenters. The minimum atomic E-state index is 0.687. The topological polar surface area (TPSA) is 21.3 Å². The van der Waals surface area contributed by atoms with Crippen molar-refractivity contribution in [1.29, 1.82) is 0 Å². The van der Waals surface area contributed by atoms with Gasteiger partial charge in [-0.05, 0) is 44.6 Å². The van der Waals surface area contributed by atoms with Crippen LogP contribution in [0.4, 0.5) is 0 Å². The maximum absolute atomic E-state index is 5.72. The molecule has 0 heterocycles. The van der Waals surface area contributed by atoms with E-state index in [1.54, 1.807) is 0 Å². The van der Waals surface area contributed by atoms with Crippen molar-refractivity contribution in [2.45, 2.75) is 72.3 Å². The van der Waals surface area contributed by atoms with Gasteiger partial charge in [0.05, 0.1) is 0 Å². The Morgan fingerprint density at radius 1 is 1.06 bits per heavy atom. The standard InChI is InChI=1S/C15H33NO/c1-5-9-14(4)13-17-12-8-10-15(7-3)16-11-6-2/h14-16H,5-13H2,1-4H3. The minimum Gasteiger partial charge on any atom is -0.381 e. The Bertz CT molecular complexity index is 150. The van der Waals surface area contributed by atoms with Gasteiger partial charge in [0.2, 0.25) is 0 Å². The molecule has 0 amide bonds. The Hall–Kier alpha value is -0.0800. The zero-order valence-corrected chi connectivity index (χ0v) is 12.4. The molecule has 0 aliphatic carbocycles. The van der Waals surface area contributed by atoms with Crippen molar-refractivity contribution in [3.8, 4) is 0 Å². The van der Waals surface area contributed by atoms with E-state index in [0.29, 0.717) is 6.04 Å².